The van der Waals surface area contributed by atoms with E-state index in [0.29, 0.717) is 26.8 Å². The molecule has 18 heavy (non-hydrogen) atoms. The molecular weight excluding hydrogens is 344 g/mol. The third-order valence-corrected chi connectivity index (χ3v) is 3.37. The van der Waals surface area contributed by atoms with Gasteiger partial charge in [0.2, 0.25) is 5.88 Å². The normalized spacial score (nSPS) is 10.4. The van der Waals surface area contributed by atoms with E-state index in [9.17, 15) is 4.39 Å². The number of rotatable bonds is 3. The van der Waals surface area contributed by atoms with Crippen LogP contribution in [0.5, 0.6) is 11.6 Å². The molecule has 0 unspecified atom stereocenters. The number of alkyl halides is 1. The van der Waals surface area contributed by atoms with E-state index in [4.69, 9.17) is 27.9 Å². The molecule has 1 aromatic heterocycles. The van der Waals surface area contributed by atoms with Crippen LogP contribution in [0.25, 0.3) is 0 Å². The van der Waals surface area contributed by atoms with Crippen LogP contribution in [0, 0.1) is 5.82 Å². The number of halogens is 4. The molecule has 0 saturated carbocycles. The zero-order valence-electron chi connectivity index (χ0n) is 8.96. The smallest absolute Gasteiger partial charge is 0.219 e. The molecule has 0 bridgehead atoms. The van der Waals surface area contributed by atoms with Crippen LogP contribution in [0.2, 0.25) is 5.02 Å². The van der Waals surface area contributed by atoms with Crippen LogP contribution >= 0.6 is 39.1 Å². The number of hydrogen-bond donors (Lipinski definition) is 0. The second-order valence-corrected chi connectivity index (χ2v) is 4.92. The molecule has 0 aliphatic rings. The lowest BCUT2D eigenvalue weighted by Gasteiger charge is -2.07. The predicted molar refractivity (Wildman–Crippen MR) is 73.0 cm³/mol. The van der Waals surface area contributed by atoms with Gasteiger partial charge in [-0.15, -0.1) is 11.6 Å². The molecule has 0 aliphatic heterocycles. The zero-order chi connectivity index (χ0) is 13.1. The molecule has 2 rings (SSSR count). The maximum Gasteiger partial charge on any atom is 0.219 e. The van der Waals surface area contributed by atoms with Gasteiger partial charge in [-0.05, 0) is 34.1 Å². The molecule has 0 N–H and O–H groups in total. The first-order valence-corrected chi connectivity index (χ1v) is 6.65. The Morgan fingerprint density at radius 3 is 2.72 bits per heavy atom. The highest BCUT2D eigenvalue weighted by Crippen LogP contribution is 2.26. The first-order chi connectivity index (χ1) is 8.60. The summed E-state index contributed by atoms with van der Waals surface area (Å²) in [6.45, 7) is 0. The fourth-order valence-electron chi connectivity index (χ4n) is 1.28. The molecule has 1 heterocycles. The molecule has 0 radical (unpaired) electrons. The van der Waals surface area contributed by atoms with Crippen molar-refractivity contribution in [2.75, 3.05) is 0 Å². The quantitative estimate of drug-likeness (QED) is 0.712. The molecule has 6 heteroatoms. The van der Waals surface area contributed by atoms with Crippen LogP contribution in [0.1, 0.15) is 5.69 Å². The van der Waals surface area contributed by atoms with Gasteiger partial charge in [0.25, 0.3) is 0 Å². The summed E-state index contributed by atoms with van der Waals surface area (Å²) in [7, 11) is 0. The fourth-order valence-corrected chi connectivity index (χ4v) is 1.97. The maximum atomic E-state index is 13.3. The van der Waals surface area contributed by atoms with E-state index in [0.717, 1.165) is 0 Å². The van der Waals surface area contributed by atoms with E-state index in [1.54, 1.807) is 24.3 Å². The molecule has 2 aromatic rings. The Morgan fingerprint density at radius 2 is 2.06 bits per heavy atom. The molecular formula is C12H7BrCl2FNO. The summed E-state index contributed by atoms with van der Waals surface area (Å²) in [5, 5.41) is 0.472. The highest BCUT2D eigenvalue weighted by molar-refractivity contribution is 9.10. The standard InChI is InChI=1S/C12H7BrCl2FNO/c13-8-2-1-7(5-10(8)16)18-12-4-3-9(15)11(6-14)17-12/h1-5H,6H2. The van der Waals surface area contributed by atoms with E-state index in [2.05, 4.69) is 20.9 Å². The summed E-state index contributed by atoms with van der Waals surface area (Å²) >= 11 is 14.6. The van der Waals surface area contributed by atoms with Gasteiger partial charge >= 0.3 is 0 Å². The lowest BCUT2D eigenvalue weighted by molar-refractivity contribution is 0.456. The summed E-state index contributed by atoms with van der Waals surface area (Å²) in [6, 6.07) is 7.68. The molecule has 0 saturated heterocycles. The third kappa shape index (κ3) is 3.13. The maximum absolute atomic E-state index is 13.3. The first kappa shape index (κ1) is 13.6. The van der Waals surface area contributed by atoms with Gasteiger partial charge in [0.05, 0.1) is 21.1 Å². The molecule has 0 atom stereocenters. The minimum Gasteiger partial charge on any atom is -0.439 e. The van der Waals surface area contributed by atoms with Crippen LogP contribution in [0.4, 0.5) is 4.39 Å². The lowest BCUT2D eigenvalue weighted by Crippen LogP contribution is -1.93. The van der Waals surface area contributed by atoms with Crippen LogP contribution in [0.3, 0.4) is 0 Å². The van der Waals surface area contributed by atoms with Crippen molar-refractivity contribution in [3.05, 3.63) is 51.3 Å². The molecule has 1 aromatic carbocycles. The summed E-state index contributed by atoms with van der Waals surface area (Å²) in [5.74, 6) is 0.451. The Bertz CT molecular complexity index is 580. The van der Waals surface area contributed by atoms with Crippen molar-refractivity contribution in [3.8, 4) is 11.6 Å². The Kier molecular flexibility index (Phi) is 4.43. The Hall–Kier alpha value is -0.840. The predicted octanol–water partition coefficient (Wildman–Crippen LogP) is 5.17. The summed E-state index contributed by atoms with van der Waals surface area (Å²) < 4.78 is 19.1. The van der Waals surface area contributed by atoms with Crippen molar-refractivity contribution < 1.29 is 9.13 Å². The molecule has 0 fully saturated rings. The third-order valence-electron chi connectivity index (χ3n) is 2.13. The van der Waals surface area contributed by atoms with Gasteiger partial charge in [0.15, 0.2) is 0 Å². The van der Waals surface area contributed by atoms with Gasteiger partial charge < -0.3 is 4.74 Å². The number of pyridine rings is 1. The average Bonchev–Trinajstić information content (AvgIpc) is 2.36. The van der Waals surface area contributed by atoms with Gasteiger partial charge in [-0.1, -0.05) is 11.6 Å². The minimum absolute atomic E-state index is 0.185. The second-order valence-electron chi connectivity index (χ2n) is 3.39. The topological polar surface area (TPSA) is 22.1 Å². The van der Waals surface area contributed by atoms with Gasteiger partial charge in [-0.3, -0.25) is 0 Å². The highest BCUT2D eigenvalue weighted by atomic mass is 79.9. The van der Waals surface area contributed by atoms with Crippen molar-refractivity contribution in [3.63, 3.8) is 0 Å². The number of benzene rings is 1. The van der Waals surface area contributed by atoms with Gasteiger partial charge in [0, 0.05) is 12.1 Å². The minimum atomic E-state index is -0.404. The average molecular weight is 351 g/mol. The number of aromatic nitrogens is 1. The van der Waals surface area contributed by atoms with Crippen molar-refractivity contribution >= 4 is 39.1 Å². The Balaban J connectivity index is 2.25. The van der Waals surface area contributed by atoms with Gasteiger partial charge in [-0.25, -0.2) is 9.37 Å². The van der Waals surface area contributed by atoms with E-state index in [-0.39, 0.29) is 5.88 Å². The first-order valence-electron chi connectivity index (χ1n) is 4.94. The van der Waals surface area contributed by atoms with E-state index in [1.165, 1.54) is 6.07 Å². The van der Waals surface area contributed by atoms with E-state index in [1.807, 2.05) is 0 Å². The van der Waals surface area contributed by atoms with Crippen molar-refractivity contribution in [2.45, 2.75) is 5.88 Å². The van der Waals surface area contributed by atoms with Gasteiger partial charge in [-0.2, -0.15) is 0 Å². The van der Waals surface area contributed by atoms with Crippen molar-refractivity contribution in [1.29, 1.82) is 0 Å². The summed E-state index contributed by atoms with van der Waals surface area (Å²) in [6.07, 6.45) is 0. The molecule has 2 nitrogen and oxygen atoms in total. The molecule has 0 amide bonds. The summed E-state index contributed by atoms with van der Waals surface area (Å²) in [5.41, 5.74) is 0.522. The Labute approximate surface area is 122 Å². The second kappa shape index (κ2) is 5.87. The SMILES string of the molecule is Fc1cc(Oc2ccc(Cl)c(CCl)n2)ccc1Br. The highest BCUT2D eigenvalue weighted by Gasteiger charge is 2.06. The molecule has 0 aliphatic carbocycles. The Morgan fingerprint density at radius 1 is 1.28 bits per heavy atom. The summed E-state index contributed by atoms with van der Waals surface area (Å²) in [4.78, 5) is 4.12. The van der Waals surface area contributed by atoms with Gasteiger partial charge in [0.1, 0.15) is 11.6 Å². The van der Waals surface area contributed by atoms with Crippen molar-refractivity contribution in [1.82, 2.24) is 4.98 Å². The van der Waals surface area contributed by atoms with Crippen LogP contribution in [0.15, 0.2) is 34.8 Å². The number of ether oxygens (including phenoxy) is 1. The molecule has 0 spiro atoms. The fraction of sp³-hybridized carbons (Fsp3) is 0.0833. The van der Waals surface area contributed by atoms with Crippen LogP contribution < -0.4 is 4.74 Å². The monoisotopic (exact) mass is 349 g/mol. The zero-order valence-corrected chi connectivity index (χ0v) is 12.1. The van der Waals surface area contributed by atoms with E-state index < -0.39 is 5.82 Å². The lowest BCUT2D eigenvalue weighted by atomic mass is 10.3. The van der Waals surface area contributed by atoms with Crippen LogP contribution in [-0.4, -0.2) is 4.98 Å². The van der Waals surface area contributed by atoms with Crippen molar-refractivity contribution in [2.24, 2.45) is 0 Å². The molecule has 94 valence electrons. The number of hydrogen-bond acceptors (Lipinski definition) is 2. The van der Waals surface area contributed by atoms with Crippen LogP contribution in [-0.2, 0) is 5.88 Å². The number of nitrogens with zero attached hydrogens (tertiary/aromatic N) is 1. The largest absolute Gasteiger partial charge is 0.439 e. The van der Waals surface area contributed by atoms with E-state index >= 15 is 0 Å².